The molecule has 0 bridgehead atoms. The quantitative estimate of drug-likeness (QED) is 0.660. The van der Waals surface area contributed by atoms with Gasteiger partial charge in [-0.2, -0.15) is 4.98 Å². The summed E-state index contributed by atoms with van der Waals surface area (Å²) in [7, 11) is 0. The number of rotatable bonds is 7. The molecule has 1 atom stereocenters. The number of aromatic nitrogens is 2. The van der Waals surface area contributed by atoms with Crippen LogP contribution in [0.4, 0.5) is 4.39 Å². The van der Waals surface area contributed by atoms with Gasteiger partial charge in [-0.15, -0.1) is 0 Å². The first-order valence-corrected chi connectivity index (χ1v) is 9.94. The van der Waals surface area contributed by atoms with Gasteiger partial charge in [0.2, 0.25) is 11.7 Å². The van der Waals surface area contributed by atoms with Gasteiger partial charge in [-0.25, -0.2) is 4.39 Å². The minimum atomic E-state index is -0.297. The normalized spacial score (nSPS) is 17.4. The number of nitrogens with zero attached hydrogens (tertiary/aromatic N) is 3. The van der Waals surface area contributed by atoms with Crippen LogP contribution in [0, 0.1) is 5.82 Å². The third-order valence-electron chi connectivity index (χ3n) is 5.16. The Bertz CT molecular complexity index is 911. The lowest BCUT2D eigenvalue weighted by Gasteiger charge is -2.35. The Morgan fingerprint density at radius 2 is 1.97 bits per heavy atom. The molecule has 4 rings (SSSR count). The molecule has 1 fully saturated rings. The highest BCUT2D eigenvalue weighted by atomic mass is 19.1. The zero-order valence-electron chi connectivity index (χ0n) is 16.5. The van der Waals surface area contributed by atoms with Crippen molar-refractivity contribution in [2.45, 2.75) is 32.5 Å². The Kier molecular flexibility index (Phi) is 6.17. The molecule has 1 aliphatic rings. The van der Waals surface area contributed by atoms with E-state index in [-0.39, 0.29) is 18.5 Å². The van der Waals surface area contributed by atoms with Crippen LogP contribution in [-0.4, -0.2) is 34.7 Å². The molecule has 0 aliphatic carbocycles. The Morgan fingerprint density at radius 1 is 1.17 bits per heavy atom. The highest BCUT2D eigenvalue weighted by Gasteiger charge is 2.25. The fraction of sp³-hybridized carbons (Fsp3) is 0.364. The smallest absolute Gasteiger partial charge is 0.240 e. The summed E-state index contributed by atoms with van der Waals surface area (Å²) >= 11 is 0. The summed E-state index contributed by atoms with van der Waals surface area (Å²) < 4.78 is 24.0. The summed E-state index contributed by atoms with van der Waals surface area (Å²) in [6, 6.07) is 14.9. The number of piperazine rings is 1. The summed E-state index contributed by atoms with van der Waals surface area (Å²) in [5.74, 6) is 1.31. The van der Waals surface area contributed by atoms with Crippen LogP contribution >= 0.6 is 0 Å². The molecule has 1 saturated heterocycles. The summed E-state index contributed by atoms with van der Waals surface area (Å²) in [4.78, 5) is 6.81. The van der Waals surface area contributed by atoms with Crippen molar-refractivity contribution in [3.8, 4) is 5.75 Å². The van der Waals surface area contributed by atoms with Crippen molar-refractivity contribution in [3.05, 3.63) is 77.2 Å². The summed E-state index contributed by atoms with van der Waals surface area (Å²) in [6.07, 6.45) is 1.04. The van der Waals surface area contributed by atoms with Crippen LogP contribution < -0.4 is 10.1 Å². The third kappa shape index (κ3) is 4.99. The Morgan fingerprint density at radius 3 is 2.72 bits per heavy atom. The van der Waals surface area contributed by atoms with Gasteiger partial charge in [0, 0.05) is 25.7 Å². The van der Waals surface area contributed by atoms with Gasteiger partial charge in [0.05, 0.1) is 6.54 Å². The van der Waals surface area contributed by atoms with Crippen LogP contribution in [0.25, 0.3) is 0 Å². The molecular formula is C22H25FN4O2. The molecule has 29 heavy (non-hydrogen) atoms. The SMILES string of the molecule is CCc1ccc(C2CNCCN2Cc2nc(COc3ccc(F)cc3)no2)cc1. The molecule has 2 heterocycles. The van der Waals surface area contributed by atoms with E-state index < -0.39 is 0 Å². The highest BCUT2D eigenvalue weighted by Crippen LogP contribution is 2.24. The van der Waals surface area contributed by atoms with Crippen LogP contribution in [0.1, 0.15) is 35.8 Å². The second-order valence-corrected chi connectivity index (χ2v) is 7.13. The first-order valence-electron chi connectivity index (χ1n) is 9.94. The van der Waals surface area contributed by atoms with E-state index in [2.05, 4.69) is 51.5 Å². The number of ether oxygens (including phenoxy) is 1. The Labute approximate surface area is 169 Å². The standard InChI is InChI=1S/C22H25FN4O2/c1-2-16-3-5-17(6-4-16)20-13-24-11-12-27(20)14-22-25-21(26-29-22)15-28-19-9-7-18(23)8-10-19/h3-10,20,24H,2,11-15H2,1H3. The molecule has 1 unspecified atom stereocenters. The van der Waals surface area contributed by atoms with E-state index in [1.54, 1.807) is 12.1 Å². The largest absolute Gasteiger partial charge is 0.485 e. The number of nitrogens with one attached hydrogen (secondary N) is 1. The van der Waals surface area contributed by atoms with E-state index in [1.165, 1.54) is 23.3 Å². The van der Waals surface area contributed by atoms with Gasteiger partial charge < -0.3 is 14.6 Å². The van der Waals surface area contributed by atoms with E-state index in [4.69, 9.17) is 9.26 Å². The molecule has 7 heteroatoms. The molecule has 152 valence electrons. The summed E-state index contributed by atoms with van der Waals surface area (Å²) in [5, 5.41) is 7.48. The number of hydrogen-bond acceptors (Lipinski definition) is 6. The third-order valence-corrected chi connectivity index (χ3v) is 5.16. The van der Waals surface area contributed by atoms with Crippen molar-refractivity contribution in [1.82, 2.24) is 20.4 Å². The van der Waals surface area contributed by atoms with Gasteiger partial charge >= 0.3 is 0 Å². The topological polar surface area (TPSA) is 63.4 Å². The lowest BCUT2D eigenvalue weighted by molar-refractivity contribution is 0.135. The maximum absolute atomic E-state index is 13.0. The summed E-state index contributed by atoms with van der Waals surface area (Å²) in [6.45, 7) is 5.66. The van der Waals surface area contributed by atoms with E-state index >= 15 is 0 Å². The number of halogens is 1. The second kappa shape index (κ2) is 9.15. The predicted molar refractivity (Wildman–Crippen MR) is 107 cm³/mol. The first-order chi connectivity index (χ1) is 14.2. The van der Waals surface area contributed by atoms with Crippen LogP contribution in [-0.2, 0) is 19.6 Å². The monoisotopic (exact) mass is 396 g/mol. The zero-order chi connectivity index (χ0) is 20.1. The molecule has 0 saturated carbocycles. The zero-order valence-corrected chi connectivity index (χ0v) is 16.5. The second-order valence-electron chi connectivity index (χ2n) is 7.13. The van der Waals surface area contributed by atoms with Gasteiger partial charge in [0.15, 0.2) is 6.61 Å². The van der Waals surface area contributed by atoms with Gasteiger partial charge in [-0.1, -0.05) is 36.3 Å². The molecule has 6 nitrogen and oxygen atoms in total. The van der Waals surface area contributed by atoms with Gasteiger partial charge in [0.25, 0.3) is 0 Å². The molecule has 2 aromatic carbocycles. The highest BCUT2D eigenvalue weighted by molar-refractivity contribution is 5.26. The Balaban J connectivity index is 1.38. The fourth-order valence-corrected chi connectivity index (χ4v) is 3.51. The molecule has 1 aromatic heterocycles. The van der Waals surface area contributed by atoms with Gasteiger partial charge in [-0.05, 0) is 41.8 Å². The van der Waals surface area contributed by atoms with E-state index in [1.807, 2.05) is 0 Å². The van der Waals surface area contributed by atoms with Crippen molar-refractivity contribution >= 4 is 0 Å². The molecular weight excluding hydrogens is 371 g/mol. The first kappa shape index (κ1) is 19.5. The molecule has 1 aliphatic heterocycles. The molecule has 0 amide bonds. The number of hydrogen-bond donors (Lipinski definition) is 1. The molecule has 1 N–H and O–H groups in total. The van der Waals surface area contributed by atoms with E-state index in [0.29, 0.717) is 24.0 Å². The van der Waals surface area contributed by atoms with Crippen molar-refractivity contribution in [2.24, 2.45) is 0 Å². The summed E-state index contributed by atoms with van der Waals surface area (Å²) in [5.41, 5.74) is 2.63. The lowest BCUT2D eigenvalue weighted by atomic mass is 10.0. The fourth-order valence-electron chi connectivity index (χ4n) is 3.51. The Hall–Kier alpha value is -2.77. The molecule has 0 spiro atoms. The maximum Gasteiger partial charge on any atom is 0.240 e. The van der Waals surface area contributed by atoms with E-state index in [0.717, 1.165) is 26.1 Å². The predicted octanol–water partition coefficient (Wildman–Crippen LogP) is 3.50. The molecule has 0 radical (unpaired) electrons. The molecule has 3 aromatic rings. The minimum Gasteiger partial charge on any atom is -0.485 e. The average Bonchev–Trinajstić information content (AvgIpc) is 3.21. The van der Waals surface area contributed by atoms with Crippen molar-refractivity contribution in [3.63, 3.8) is 0 Å². The maximum atomic E-state index is 13.0. The average molecular weight is 396 g/mol. The van der Waals surface area contributed by atoms with Gasteiger partial charge in [-0.3, -0.25) is 4.90 Å². The van der Waals surface area contributed by atoms with Crippen LogP contribution in [0.5, 0.6) is 5.75 Å². The van der Waals surface area contributed by atoms with Crippen molar-refractivity contribution in [1.29, 1.82) is 0 Å². The van der Waals surface area contributed by atoms with E-state index in [9.17, 15) is 4.39 Å². The number of aryl methyl sites for hydroxylation is 1. The number of benzene rings is 2. The lowest BCUT2D eigenvalue weighted by Crippen LogP contribution is -2.45. The van der Waals surface area contributed by atoms with Crippen LogP contribution in [0.2, 0.25) is 0 Å². The van der Waals surface area contributed by atoms with Crippen molar-refractivity contribution in [2.75, 3.05) is 19.6 Å². The van der Waals surface area contributed by atoms with Gasteiger partial charge in [0.1, 0.15) is 11.6 Å². The minimum absolute atomic E-state index is 0.179. The van der Waals surface area contributed by atoms with Crippen molar-refractivity contribution < 1.29 is 13.7 Å². The van der Waals surface area contributed by atoms with Crippen LogP contribution in [0.15, 0.2) is 53.1 Å². The van der Waals surface area contributed by atoms with Crippen LogP contribution in [0.3, 0.4) is 0 Å².